The van der Waals surface area contributed by atoms with Gasteiger partial charge in [-0.2, -0.15) is 11.8 Å². The lowest BCUT2D eigenvalue weighted by atomic mass is 10.1. The van der Waals surface area contributed by atoms with Gasteiger partial charge >= 0.3 is 5.97 Å². The van der Waals surface area contributed by atoms with Crippen molar-refractivity contribution in [3.05, 3.63) is 11.8 Å². The largest absolute Gasteiger partial charge is 0.477 e. The van der Waals surface area contributed by atoms with Gasteiger partial charge in [0, 0.05) is 19.6 Å². The highest BCUT2D eigenvalue weighted by Crippen LogP contribution is 2.20. The average Bonchev–Trinajstić information content (AvgIpc) is 3.82. The highest BCUT2D eigenvalue weighted by molar-refractivity contribution is 7.98. The number of hydrogen-bond donors (Lipinski definition) is 16. The zero-order chi connectivity index (χ0) is 52.8. The first-order valence-corrected chi connectivity index (χ1v) is 24.6. The van der Waals surface area contributed by atoms with E-state index in [1.54, 1.807) is 6.26 Å². The second-order valence-corrected chi connectivity index (χ2v) is 17.3. The standard InChI is InChI=1S/C42H76N16O11S/c1-24(52-39(66)33(31(59)22-46)57-35(62)25(47)10-3-5-16-43)34(61)51-23-32(60)53-28(12-7-18-45)40(67)58-20-9-14-30(58)38(65)55-27(15-21-70-2)37(64)54-26(11-4-6-17-44)36(63)56-29(41(68)69)13-8-19-50-42(48)49/h13,24-27,30-31,33,59H,3-12,14-23,43-47H2,1-2H3,(H,51,61)(H,52,66)(H,54,64)(H,55,65)(H,56,63)(H,57,62)(H,68,69)(H4,48,49,50)/b29-13-,53-28+/t24-,25-,26-,27-,30-,31-,33-/m0/s1. The van der Waals surface area contributed by atoms with Gasteiger partial charge < -0.3 is 86.7 Å². The van der Waals surface area contributed by atoms with Crippen molar-refractivity contribution in [1.29, 1.82) is 5.41 Å². The van der Waals surface area contributed by atoms with E-state index in [0.717, 1.165) is 0 Å². The van der Waals surface area contributed by atoms with Crippen molar-refractivity contribution in [2.24, 2.45) is 39.4 Å². The molecule has 0 unspecified atom stereocenters. The maximum atomic E-state index is 14.0. The third-order valence-electron chi connectivity index (χ3n) is 10.7. The summed E-state index contributed by atoms with van der Waals surface area (Å²) in [4.78, 5) is 124. The number of nitrogens with one attached hydrogen (secondary N) is 8. The summed E-state index contributed by atoms with van der Waals surface area (Å²) in [6.45, 7) is 1.17. The number of aliphatic imine (C=N–C) groups is 1. The van der Waals surface area contributed by atoms with Crippen molar-refractivity contribution in [1.82, 2.24) is 42.1 Å². The number of guanidine groups is 1. The number of carbonyl (C=O) groups excluding carboxylic acids is 8. The molecule has 0 saturated carbocycles. The molecule has 0 radical (unpaired) electrons. The van der Waals surface area contributed by atoms with Gasteiger partial charge in [-0.1, -0.05) is 12.5 Å². The third kappa shape index (κ3) is 23.2. The number of thioether (sulfide) groups is 1. The Morgan fingerprint density at radius 3 is 2.06 bits per heavy atom. The van der Waals surface area contributed by atoms with Crippen LogP contribution in [-0.2, 0) is 43.2 Å². The van der Waals surface area contributed by atoms with E-state index >= 15 is 0 Å². The molecule has 70 heavy (non-hydrogen) atoms. The van der Waals surface area contributed by atoms with E-state index in [1.165, 1.54) is 29.7 Å². The summed E-state index contributed by atoms with van der Waals surface area (Å²) in [5.74, 6) is -7.86. The van der Waals surface area contributed by atoms with Crippen LogP contribution in [0.25, 0.3) is 0 Å². The van der Waals surface area contributed by atoms with Crippen LogP contribution in [0.1, 0.15) is 84.0 Å². The van der Waals surface area contributed by atoms with Crippen LogP contribution in [0.5, 0.6) is 0 Å². The number of aliphatic hydroxyl groups is 1. The molecule has 0 aromatic rings. The summed E-state index contributed by atoms with van der Waals surface area (Å²) in [6, 6.07) is -7.38. The molecule has 0 aliphatic carbocycles. The van der Waals surface area contributed by atoms with Gasteiger partial charge in [-0.25, -0.2) is 9.79 Å². The molecule has 1 heterocycles. The zero-order valence-electron chi connectivity index (χ0n) is 40.1. The number of nitrogens with two attached hydrogens (primary N) is 6. The van der Waals surface area contributed by atoms with E-state index in [0.29, 0.717) is 50.9 Å². The predicted octanol–water partition coefficient (Wildman–Crippen LogP) is -5.62. The fourth-order valence-corrected chi connectivity index (χ4v) is 7.29. The molecule has 0 bridgehead atoms. The van der Waals surface area contributed by atoms with Crippen LogP contribution in [0.15, 0.2) is 16.8 Å². The molecule has 8 amide bonds. The van der Waals surface area contributed by atoms with Crippen molar-refractivity contribution >= 4 is 76.7 Å². The van der Waals surface area contributed by atoms with Gasteiger partial charge in [-0.3, -0.25) is 43.8 Å². The van der Waals surface area contributed by atoms with Gasteiger partial charge in [0.1, 0.15) is 41.6 Å². The van der Waals surface area contributed by atoms with Crippen molar-refractivity contribution in [3.8, 4) is 0 Å². The van der Waals surface area contributed by atoms with Crippen LogP contribution in [0.3, 0.4) is 0 Å². The number of carboxylic acids is 1. The Kier molecular flexibility index (Phi) is 30.7. The molecule has 1 aliphatic rings. The van der Waals surface area contributed by atoms with Crippen LogP contribution < -0.4 is 71.6 Å². The second kappa shape index (κ2) is 34.5. The lowest BCUT2D eigenvalue weighted by molar-refractivity contribution is -0.137. The quantitative estimate of drug-likeness (QED) is 0.0124. The number of carbonyl (C=O) groups is 9. The van der Waals surface area contributed by atoms with Gasteiger partial charge in [0.05, 0.1) is 18.7 Å². The molecule has 1 aliphatic heterocycles. The predicted molar refractivity (Wildman–Crippen MR) is 262 cm³/mol. The van der Waals surface area contributed by atoms with Crippen molar-refractivity contribution in [2.45, 2.75) is 126 Å². The Morgan fingerprint density at radius 1 is 0.814 bits per heavy atom. The summed E-state index contributed by atoms with van der Waals surface area (Å²) in [7, 11) is 0. The number of aliphatic carboxylic acids is 1. The minimum absolute atomic E-state index is 0.0694. The highest BCUT2D eigenvalue weighted by atomic mass is 32.2. The van der Waals surface area contributed by atoms with Crippen LogP contribution in [0.2, 0.25) is 0 Å². The lowest BCUT2D eigenvalue weighted by Crippen LogP contribution is -2.60. The fraction of sp³-hybridized carbons (Fsp3) is 0.690. The molecular weight excluding hydrogens is 937 g/mol. The molecule has 0 aromatic heterocycles. The number of nitrogens with zero attached hydrogens (tertiary/aromatic N) is 2. The smallest absolute Gasteiger partial charge is 0.352 e. The molecule has 0 aromatic carbocycles. The Balaban J connectivity index is 3.17. The molecule has 27 nitrogen and oxygen atoms in total. The second-order valence-electron chi connectivity index (χ2n) is 16.4. The van der Waals surface area contributed by atoms with Gasteiger partial charge in [0.25, 0.3) is 11.8 Å². The molecule has 28 heteroatoms. The summed E-state index contributed by atoms with van der Waals surface area (Å²) < 4.78 is 0. The minimum Gasteiger partial charge on any atom is -0.477 e. The number of aliphatic hydroxyl groups excluding tert-OH is 1. The number of carboxylic acid groups (broad SMARTS) is 1. The van der Waals surface area contributed by atoms with Crippen LogP contribution in [-0.4, -0.2) is 180 Å². The summed E-state index contributed by atoms with van der Waals surface area (Å²) in [5, 5.41) is 44.6. The monoisotopic (exact) mass is 1010 g/mol. The van der Waals surface area contributed by atoms with Crippen LogP contribution >= 0.6 is 11.8 Å². The van der Waals surface area contributed by atoms with Crippen molar-refractivity contribution < 1.29 is 53.4 Å². The van der Waals surface area contributed by atoms with Crippen LogP contribution in [0, 0.1) is 5.41 Å². The molecule has 0 spiro atoms. The Morgan fingerprint density at radius 2 is 1.46 bits per heavy atom. The number of unbranched alkanes of at least 4 members (excludes halogenated alkanes) is 2. The summed E-state index contributed by atoms with van der Waals surface area (Å²) in [6.07, 6.45) is 4.82. The van der Waals surface area contributed by atoms with E-state index in [9.17, 15) is 53.4 Å². The van der Waals surface area contributed by atoms with E-state index in [-0.39, 0.29) is 76.3 Å². The number of hydrogen-bond acceptors (Lipinski definition) is 17. The van der Waals surface area contributed by atoms with Crippen molar-refractivity contribution in [3.63, 3.8) is 0 Å². The summed E-state index contributed by atoms with van der Waals surface area (Å²) in [5.41, 5.74) is 32.9. The number of amides is 8. The number of rotatable bonds is 34. The molecule has 22 N–H and O–H groups in total. The topological polar surface area (TPSA) is 474 Å². The Labute approximate surface area is 411 Å². The maximum Gasteiger partial charge on any atom is 0.352 e. The van der Waals surface area contributed by atoms with Crippen LogP contribution in [0.4, 0.5) is 0 Å². The first-order valence-electron chi connectivity index (χ1n) is 23.2. The maximum absolute atomic E-state index is 14.0. The molecule has 396 valence electrons. The van der Waals surface area contributed by atoms with E-state index in [1.807, 2.05) is 0 Å². The number of likely N-dealkylation sites (tertiary alicyclic amines) is 1. The fourth-order valence-electron chi connectivity index (χ4n) is 6.82. The van der Waals surface area contributed by atoms with E-state index < -0.39 is 114 Å². The molecule has 7 atom stereocenters. The SMILES string of the molecule is CSCC[C@H](NC(=O)[C@@H]1CCCN1C(=O)/C(CCCN)=N/C(=O)CNC(=O)[C@H](C)NC(=O)[C@@H](NC(=O)[C@@H](N)CCCCN)[C@@H](O)CN)C(=O)N[C@@H](CCCCN)C(=O)N/C(=C\CCNC(=N)N)C(=O)O. The summed E-state index contributed by atoms with van der Waals surface area (Å²) >= 11 is 1.39. The first kappa shape index (κ1) is 62.2. The molecule has 1 rings (SSSR count). The molecule has 1 saturated heterocycles. The highest BCUT2D eigenvalue weighted by Gasteiger charge is 2.38. The minimum atomic E-state index is -1.56. The van der Waals surface area contributed by atoms with E-state index in [4.69, 9.17) is 39.8 Å². The van der Waals surface area contributed by atoms with Crippen molar-refractivity contribution in [2.75, 3.05) is 57.8 Å². The van der Waals surface area contributed by atoms with E-state index in [2.05, 4.69) is 42.2 Å². The van der Waals surface area contributed by atoms with Gasteiger partial charge in [-0.15, -0.1) is 0 Å². The van der Waals surface area contributed by atoms with Gasteiger partial charge in [-0.05, 0) is 109 Å². The lowest BCUT2D eigenvalue weighted by Gasteiger charge is -2.28. The molecular formula is C42H76N16O11S. The Hall–Kier alpha value is -5.78. The normalized spacial score (nSPS) is 16.3. The van der Waals surface area contributed by atoms with Gasteiger partial charge in [0.15, 0.2) is 5.96 Å². The third-order valence-corrected chi connectivity index (χ3v) is 11.4. The zero-order valence-corrected chi connectivity index (χ0v) is 40.9. The Bertz CT molecular complexity index is 1840. The van der Waals surface area contributed by atoms with Gasteiger partial charge in [0.2, 0.25) is 35.4 Å². The first-order chi connectivity index (χ1) is 33.3. The molecule has 1 fully saturated rings. The average molecular weight is 1010 g/mol.